The number of carbonyl (C=O) groups is 1. The number of benzene rings is 1. The molecule has 2 saturated heterocycles. The van der Waals surface area contributed by atoms with E-state index in [1.165, 1.54) is 0 Å². The normalized spacial score (nSPS) is 39.0. The molecule has 1 aromatic carbocycles. The van der Waals surface area contributed by atoms with Gasteiger partial charge < -0.3 is 18.9 Å². The van der Waals surface area contributed by atoms with Crippen LogP contribution in [0.25, 0.3) is 0 Å². The van der Waals surface area contributed by atoms with Crippen LogP contribution < -0.4 is 0 Å². The van der Waals surface area contributed by atoms with Gasteiger partial charge in [-0.2, -0.15) is 0 Å². The average Bonchev–Trinajstić information content (AvgIpc) is 2.95. The number of ketones is 1. The van der Waals surface area contributed by atoms with E-state index in [1.807, 2.05) is 44.2 Å². The zero-order valence-electron chi connectivity index (χ0n) is 12.8. The third-order valence-electron chi connectivity index (χ3n) is 4.64. The summed E-state index contributed by atoms with van der Waals surface area (Å²) >= 11 is 0. The van der Waals surface area contributed by atoms with Gasteiger partial charge in [0.2, 0.25) is 0 Å². The van der Waals surface area contributed by atoms with Gasteiger partial charge in [0.15, 0.2) is 23.5 Å². The van der Waals surface area contributed by atoms with Gasteiger partial charge in [-0.3, -0.25) is 4.79 Å². The predicted octanol–water partition coefficient (Wildman–Crippen LogP) is 2.18. The first-order valence-electron chi connectivity index (χ1n) is 7.72. The van der Waals surface area contributed by atoms with Crippen LogP contribution in [0.4, 0.5) is 0 Å². The molecule has 0 bridgehead atoms. The van der Waals surface area contributed by atoms with Crippen molar-refractivity contribution in [2.24, 2.45) is 0 Å². The minimum atomic E-state index is -0.874. The summed E-state index contributed by atoms with van der Waals surface area (Å²) in [5.41, 5.74) is 0.187. The van der Waals surface area contributed by atoms with Crippen LogP contribution in [0.15, 0.2) is 30.3 Å². The molecule has 1 unspecified atom stereocenters. The Kier molecular flexibility index (Phi) is 3.17. The molecule has 4 atom stereocenters. The van der Waals surface area contributed by atoms with Gasteiger partial charge in [0.1, 0.15) is 12.2 Å². The van der Waals surface area contributed by atoms with E-state index in [2.05, 4.69) is 0 Å². The van der Waals surface area contributed by atoms with Crippen LogP contribution in [-0.2, 0) is 30.3 Å². The molecule has 1 saturated carbocycles. The molecular weight excluding hydrogens is 284 g/mol. The predicted molar refractivity (Wildman–Crippen MR) is 76.9 cm³/mol. The summed E-state index contributed by atoms with van der Waals surface area (Å²) in [5, 5.41) is 0. The van der Waals surface area contributed by atoms with Gasteiger partial charge in [-0.25, -0.2) is 0 Å². The third kappa shape index (κ3) is 2.12. The average molecular weight is 304 g/mol. The summed E-state index contributed by atoms with van der Waals surface area (Å²) in [5.74, 6) is -0.622. The number of ether oxygens (including phenoxy) is 4. The van der Waals surface area contributed by atoms with Gasteiger partial charge >= 0.3 is 0 Å². The maximum absolute atomic E-state index is 12.2. The van der Waals surface area contributed by atoms with Crippen LogP contribution in [0.2, 0.25) is 0 Å². The Bertz CT molecular complexity index is 584. The summed E-state index contributed by atoms with van der Waals surface area (Å²) in [4.78, 5) is 12.2. The Hall–Kier alpha value is -1.27. The summed E-state index contributed by atoms with van der Waals surface area (Å²) < 4.78 is 23.7. The van der Waals surface area contributed by atoms with Crippen LogP contribution in [0.5, 0.6) is 0 Å². The molecule has 2 heterocycles. The van der Waals surface area contributed by atoms with Crippen molar-refractivity contribution < 1.29 is 23.7 Å². The highest BCUT2D eigenvalue weighted by molar-refractivity contribution is 5.94. The lowest BCUT2D eigenvalue weighted by molar-refractivity contribution is -0.250. The molecule has 3 fully saturated rings. The summed E-state index contributed by atoms with van der Waals surface area (Å²) in [6.45, 7) is 4.12. The lowest BCUT2D eigenvalue weighted by atomic mass is 9.74. The lowest BCUT2D eigenvalue weighted by Gasteiger charge is -2.41. The van der Waals surface area contributed by atoms with Gasteiger partial charge in [0.05, 0.1) is 6.61 Å². The van der Waals surface area contributed by atoms with E-state index in [0.29, 0.717) is 19.4 Å². The molecule has 1 aliphatic carbocycles. The zero-order chi connectivity index (χ0) is 15.4. The number of hydrogen-bond acceptors (Lipinski definition) is 5. The van der Waals surface area contributed by atoms with Crippen LogP contribution in [0.3, 0.4) is 0 Å². The highest BCUT2D eigenvalue weighted by Gasteiger charge is 2.68. The molecule has 5 nitrogen and oxygen atoms in total. The second kappa shape index (κ2) is 4.86. The fourth-order valence-electron chi connectivity index (χ4n) is 3.48. The van der Waals surface area contributed by atoms with Crippen LogP contribution >= 0.6 is 0 Å². The molecule has 1 spiro atoms. The number of fused-ring (bicyclic) bond motifs is 1. The Labute approximate surface area is 129 Å². The van der Waals surface area contributed by atoms with Gasteiger partial charge in [-0.1, -0.05) is 30.3 Å². The Morgan fingerprint density at radius 3 is 2.59 bits per heavy atom. The smallest absolute Gasteiger partial charge is 0.191 e. The second-order valence-corrected chi connectivity index (χ2v) is 6.62. The quantitative estimate of drug-likeness (QED) is 0.856. The first kappa shape index (κ1) is 14.3. The first-order chi connectivity index (χ1) is 10.5. The maximum Gasteiger partial charge on any atom is 0.191 e. The highest BCUT2D eigenvalue weighted by atomic mass is 16.8. The van der Waals surface area contributed by atoms with Gasteiger partial charge in [-0.15, -0.1) is 0 Å². The summed E-state index contributed by atoms with van der Waals surface area (Å²) in [7, 11) is 0. The van der Waals surface area contributed by atoms with Crippen LogP contribution in [0, 0.1) is 0 Å². The van der Waals surface area contributed by atoms with Crippen molar-refractivity contribution in [3.8, 4) is 0 Å². The zero-order valence-corrected chi connectivity index (χ0v) is 12.8. The number of carbonyl (C=O) groups excluding carboxylic acids is 1. The molecule has 4 rings (SSSR count). The van der Waals surface area contributed by atoms with Gasteiger partial charge in [-0.05, 0) is 25.8 Å². The highest BCUT2D eigenvalue weighted by Crippen LogP contribution is 2.50. The topological polar surface area (TPSA) is 54.0 Å². The third-order valence-corrected chi connectivity index (χ3v) is 4.64. The largest absolute Gasteiger partial charge is 0.367 e. The van der Waals surface area contributed by atoms with Crippen molar-refractivity contribution in [2.45, 2.75) is 63.2 Å². The molecule has 0 amide bonds. The molecule has 22 heavy (non-hydrogen) atoms. The summed E-state index contributed by atoms with van der Waals surface area (Å²) in [6.07, 6.45) is -0.0943. The minimum Gasteiger partial charge on any atom is -0.367 e. The monoisotopic (exact) mass is 304 g/mol. The van der Waals surface area contributed by atoms with E-state index >= 15 is 0 Å². The first-order valence-corrected chi connectivity index (χ1v) is 7.72. The van der Waals surface area contributed by atoms with Crippen molar-refractivity contribution >= 4 is 5.78 Å². The SMILES string of the molecule is CC1(C)O[C@H]2O[C@]3(CCC3=O)C(OCc3ccccc3)[C@@H]2O1. The van der Waals surface area contributed by atoms with E-state index < -0.39 is 23.8 Å². The van der Waals surface area contributed by atoms with Crippen molar-refractivity contribution in [1.82, 2.24) is 0 Å². The van der Waals surface area contributed by atoms with Crippen molar-refractivity contribution in [2.75, 3.05) is 0 Å². The summed E-state index contributed by atoms with van der Waals surface area (Å²) in [6, 6.07) is 9.90. The van der Waals surface area contributed by atoms with Crippen molar-refractivity contribution in [3.63, 3.8) is 0 Å². The molecule has 5 heteroatoms. The molecule has 3 aliphatic rings. The molecule has 0 N–H and O–H groups in total. The lowest BCUT2D eigenvalue weighted by Crippen LogP contribution is -2.58. The molecule has 118 valence electrons. The molecule has 0 radical (unpaired) electrons. The van der Waals surface area contributed by atoms with E-state index in [4.69, 9.17) is 18.9 Å². The van der Waals surface area contributed by atoms with Crippen LogP contribution in [-0.4, -0.2) is 35.7 Å². The second-order valence-electron chi connectivity index (χ2n) is 6.62. The van der Waals surface area contributed by atoms with Crippen LogP contribution in [0.1, 0.15) is 32.3 Å². The molecule has 2 aliphatic heterocycles. The van der Waals surface area contributed by atoms with E-state index in [0.717, 1.165) is 5.56 Å². The fraction of sp³-hybridized carbons (Fsp3) is 0.588. The van der Waals surface area contributed by atoms with E-state index in [1.54, 1.807) is 0 Å². The molecular formula is C17H20O5. The van der Waals surface area contributed by atoms with Crippen molar-refractivity contribution in [1.29, 1.82) is 0 Å². The Balaban J connectivity index is 1.55. The molecule has 0 aromatic heterocycles. The number of Topliss-reactive ketones (excluding diaryl/α,β-unsaturated/α-hetero) is 1. The van der Waals surface area contributed by atoms with Gasteiger partial charge in [0.25, 0.3) is 0 Å². The minimum absolute atomic E-state index is 0.0879. The maximum atomic E-state index is 12.2. The number of hydrogen-bond donors (Lipinski definition) is 0. The standard InChI is InChI=1S/C17H20O5/c1-16(2)20-13-14(19-10-11-6-4-3-5-7-11)17(9-8-12(17)18)22-15(13)21-16/h3-7,13-15H,8-10H2,1-2H3/t13-,14?,15-,17-/m0/s1. The number of rotatable bonds is 3. The van der Waals surface area contributed by atoms with Gasteiger partial charge in [0, 0.05) is 6.42 Å². The molecule has 1 aromatic rings. The van der Waals surface area contributed by atoms with Crippen molar-refractivity contribution in [3.05, 3.63) is 35.9 Å². The van der Waals surface area contributed by atoms with E-state index in [-0.39, 0.29) is 11.9 Å². The Morgan fingerprint density at radius 2 is 1.95 bits per heavy atom. The van der Waals surface area contributed by atoms with E-state index in [9.17, 15) is 4.79 Å². The fourth-order valence-corrected chi connectivity index (χ4v) is 3.48. The Morgan fingerprint density at radius 1 is 1.18 bits per heavy atom.